The average Bonchev–Trinajstić information content (AvgIpc) is 2.73. The summed E-state index contributed by atoms with van der Waals surface area (Å²) in [6.45, 7) is 2.18. The Morgan fingerprint density at radius 1 is 1.38 bits per heavy atom. The highest BCUT2D eigenvalue weighted by Crippen LogP contribution is 2.23. The predicted octanol–water partition coefficient (Wildman–Crippen LogP) is 3.08. The number of esters is 1. The van der Waals surface area contributed by atoms with E-state index in [1.165, 1.54) is 28.9 Å². The number of nitrogens with zero attached hydrogens (tertiary/aromatic N) is 2. The van der Waals surface area contributed by atoms with Crippen LogP contribution in [0, 0.1) is 5.82 Å². The summed E-state index contributed by atoms with van der Waals surface area (Å²) in [5, 5.41) is 4.22. The van der Waals surface area contributed by atoms with Crippen LogP contribution in [-0.2, 0) is 18.4 Å². The fourth-order valence-corrected chi connectivity index (χ4v) is 2.36. The lowest BCUT2D eigenvalue weighted by Gasteiger charge is -2.04. The van der Waals surface area contributed by atoms with Crippen molar-refractivity contribution in [3.8, 4) is 5.75 Å². The molecule has 5 nitrogen and oxygen atoms in total. The lowest BCUT2D eigenvalue weighted by atomic mass is 10.3. The lowest BCUT2D eigenvalue weighted by Crippen LogP contribution is -2.10. The number of halogens is 2. The fourth-order valence-electron chi connectivity index (χ4n) is 1.75. The minimum atomic E-state index is -0.451. The molecule has 1 aromatic heterocycles. The van der Waals surface area contributed by atoms with Crippen LogP contribution in [0.5, 0.6) is 5.75 Å². The van der Waals surface area contributed by atoms with E-state index in [-0.39, 0.29) is 19.0 Å². The van der Waals surface area contributed by atoms with Crippen molar-refractivity contribution in [3.05, 3.63) is 45.9 Å². The number of hydrogen-bond acceptors (Lipinski definition) is 4. The summed E-state index contributed by atoms with van der Waals surface area (Å²) in [6, 6.07) is 5.68. The van der Waals surface area contributed by atoms with Gasteiger partial charge < -0.3 is 9.47 Å². The Bertz CT molecular complexity index is 640. The predicted molar refractivity (Wildman–Crippen MR) is 77.6 cm³/mol. The Morgan fingerprint density at radius 3 is 2.67 bits per heavy atom. The molecule has 2 rings (SSSR count). The molecule has 0 aliphatic carbocycles. The second-order valence-electron chi connectivity index (χ2n) is 4.20. The van der Waals surface area contributed by atoms with E-state index in [2.05, 4.69) is 21.0 Å². The van der Waals surface area contributed by atoms with Gasteiger partial charge in [-0.3, -0.25) is 4.68 Å². The number of aryl methyl sites for hydroxylation is 1. The average molecular weight is 357 g/mol. The van der Waals surface area contributed by atoms with Gasteiger partial charge in [0.2, 0.25) is 0 Å². The summed E-state index contributed by atoms with van der Waals surface area (Å²) in [7, 11) is 1.65. The lowest BCUT2D eigenvalue weighted by molar-refractivity contribution is 0.0512. The SMILES string of the molecule is CCOC(=O)c1c(Br)c(COc2ccc(F)cc2)nn1C. The Morgan fingerprint density at radius 2 is 2.05 bits per heavy atom. The molecule has 0 unspecified atom stereocenters. The smallest absolute Gasteiger partial charge is 0.357 e. The summed E-state index contributed by atoms with van der Waals surface area (Å²) in [4.78, 5) is 11.8. The number of carbonyl (C=O) groups excluding carboxylic acids is 1. The summed E-state index contributed by atoms with van der Waals surface area (Å²) in [6.07, 6.45) is 0. The molecule has 0 radical (unpaired) electrons. The molecule has 1 heterocycles. The van der Waals surface area contributed by atoms with Gasteiger partial charge in [0.15, 0.2) is 5.69 Å². The van der Waals surface area contributed by atoms with Crippen molar-refractivity contribution < 1.29 is 18.7 Å². The molecule has 0 aliphatic heterocycles. The first-order valence-corrected chi connectivity index (χ1v) is 7.09. The highest BCUT2D eigenvalue weighted by Gasteiger charge is 2.21. The standard InChI is InChI=1S/C14H14BrFN2O3/c1-3-20-14(19)13-12(15)11(17-18(13)2)8-21-10-6-4-9(16)5-7-10/h4-7H,3,8H2,1-2H3. The zero-order chi connectivity index (χ0) is 15.4. The third kappa shape index (κ3) is 3.60. The number of aromatic nitrogens is 2. The number of hydrogen-bond donors (Lipinski definition) is 0. The summed E-state index contributed by atoms with van der Waals surface area (Å²) < 4.78 is 25.2. The van der Waals surface area contributed by atoms with Crippen LogP contribution < -0.4 is 4.74 Å². The second kappa shape index (κ2) is 6.71. The van der Waals surface area contributed by atoms with Crippen molar-refractivity contribution in [2.45, 2.75) is 13.5 Å². The van der Waals surface area contributed by atoms with Crippen LogP contribution >= 0.6 is 15.9 Å². The van der Waals surface area contributed by atoms with Crippen LogP contribution in [0.4, 0.5) is 4.39 Å². The van der Waals surface area contributed by atoms with Crippen LogP contribution in [0.3, 0.4) is 0 Å². The van der Waals surface area contributed by atoms with Crippen molar-refractivity contribution in [1.29, 1.82) is 0 Å². The van der Waals surface area contributed by atoms with E-state index in [0.29, 0.717) is 21.6 Å². The highest BCUT2D eigenvalue weighted by atomic mass is 79.9. The Kier molecular flexibility index (Phi) is 4.95. The van der Waals surface area contributed by atoms with Gasteiger partial charge in [-0.1, -0.05) is 0 Å². The van der Waals surface area contributed by atoms with Crippen molar-refractivity contribution in [3.63, 3.8) is 0 Å². The van der Waals surface area contributed by atoms with E-state index in [4.69, 9.17) is 9.47 Å². The molecule has 0 fully saturated rings. The van der Waals surface area contributed by atoms with Crippen LogP contribution in [0.25, 0.3) is 0 Å². The van der Waals surface area contributed by atoms with Gasteiger partial charge in [0.05, 0.1) is 11.1 Å². The zero-order valence-electron chi connectivity index (χ0n) is 11.6. The molecule has 0 aliphatic rings. The monoisotopic (exact) mass is 356 g/mol. The molecule has 2 aromatic rings. The van der Waals surface area contributed by atoms with Gasteiger partial charge in [-0.15, -0.1) is 0 Å². The van der Waals surface area contributed by atoms with Crippen molar-refractivity contribution in [1.82, 2.24) is 9.78 Å². The molecular formula is C14H14BrFN2O3. The summed E-state index contributed by atoms with van der Waals surface area (Å²) in [5.74, 6) is -0.259. The van der Waals surface area contributed by atoms with E-state index in [0.717, 1.165) is 0 Å². The second-order valence-corrected chi connectivity index (χ2v) is 4.99. The number of benzene rings is 1. The fraction of sp³-hybridized carbons (Fsp3) is 0.286. The quantitative estimate of drug-likeness (QED) is 0.772. The first-order valence-electron chi connectivity index (χ1n) is 6.29. The first kappa shape index (κ1) is 15.5. The van der Waals surface area contributed by atoms with Gasteiger partial charge in [-0.05, 0) is 47.1 Å². The van der Waals surface area contributed by atoms with Gasteiger partial charge in [0, 0.05) is 7.05 Å². The normalized spacial score (nSPS) is 10.5. The van der Waals surface area contributed by atoms with Gasteiger partial charge in [0.1, 0.15) is 23.9 Å². The Labute approximate surface area is 129 Å². The summed E-state index contributed by atoms with van der Waals surface area (Å²) >= 11 is 3.33. The van der Waals surface area contributed by atoms with Gasteiger partial charge in [-0.2, -0.15) is 5.10 Å². The molecule has 0 saturated carbocycles. The third-order valence-corrected chi connectivity index (χ3v) is 3.55. The van der Waals surface area contributed by atoms with E-state index < -0.39 is 5.97 Å². The van der Waals surface area contributed by atoms with Crippen LogP contribution in [0.2, 0.25) is 0 Å². The Hall–Kier alpha value is -1.89. The highest BCUT2D eigenvalue weighted by molar-refractivity contribution is 9.10. The summed E-state index contributed by atoms with van der Waals surface area (Å²) in [5.41, 5.74) is 0.888. The molecule has 0 saturated heterocycles. The Balaban J connectivity index is 2.12. The molecule has 0 amide bonds. The number of ether oxygens (including phenoxy) is 2. The van der Waals surface area contributed by atoms with E-state index in [1.807, 2.05) is 0 Å². The molecule has 0 atom stereocenters. The molecule has 0 spiro atoms. The van der Waals surface area contributed by atoms with E-state index in [9.17, 15) is 9.18 Å². The van der Waals surface area contributed by atoms with Gasteiger partial charge >= 0.3 is 5.97 Å². The maximum absolute atomic E-state index is 12.8. The van der Waals surface area contributed by atoms with Crippen LogP contribution in [-0.4, -0.2) is 22.4 Å². The van der Waals surface area contributed by atoms with E-state index in [1.54, 1.807) is 14.0 Å². The minimum Gasteiger partial charge on any atom is -0.487 e. The van der Waals surface area contributed by atoms with Crippen molar-refractivity contribution in [2.24, 2.45) is 7.05 Å². The van der Waals surface area contributed by atoms with E-state index >= 15 is 0 Å². The molecule has 0 N–H and O–H groups in total. The maximum Gasteiger partial charge on any atom is 0.357 e. The van der Waals surface area contributed by atoms with Crippen LogP contribution in [0.1, 0.15) is 23.1 Å². The van der Waals surface area contributed by atoms with Crippen molar-refractivity contribution >= 4 is 21.9 Å². The van der Waals surface area contributed by atoms with Crippen molar-refractivity contribution in [2.75, 3.05) is 6.61 Å². The molecule has 1 aromatic carbocycles. The molecule has 7 heteroatoms. The topological polar surface area (TPSA) is 53.4 Å². The van der Waals surface area contributed by atoms with Gasteiger partial charge in [0.25, 0.3) is 0 Å². The minimum absolute atomic E-state index is 0.152. The van der Waals surface area contributed by atoms with Crippen LogP contribution in [0.15, 0.2) is 28.7 Å². The molecule has 112 valence electrons. The number of rotatable bonds is 5. The third-order valence-electron chi connectivity index (χ3n) is 2.71. The first-order chi connectivity index (χ1) is 10.0. The largest absolute Gasteiger partial charge is 0.487 e. The molecule has 0 bridgehead atoms. The molecular weight excluding hydrogens is 343 g/mol. The number of carbonyl (C=O) groups is 1. The zero-order valence-corrected chi connectivity index (χ0v) is 13.2. The maximum atomic E-state index is 12.8. The van der Waals surface area contributed by atoms with Gasteiger partial charge in [-0.25, -0.2) is 9.18 Å². The molecule has 21 heavy (non-hydrogen) atoms.